The monoisotopic (exact) mass is 235 g/mol. The topological polar surface area (TPSA) is 55.3 Å². The molecule has 2 rings (SSSR count). The summed E-state index contributed by atoms with van der Waals surface area (Å²) in [6, 6.07) is 3.49. The van der Waals surface area contributed by atoms with Gasteiger partial charge in [-0.3, -0.25) is 0 Å². The zero-order valence-electron chi connectivity index (χ0n) is 10.2. The number of rotatable bonds is 2. The zero-order chi connectivity index (χ0) is 12.3. The van der Waals surface area contributed by atoms with Gasteiger partial charge in [-0.05, 0) is 30.9 Å². The lowest BCUT2D eigenvalue weighted by atomic mass is 10.0. The van der Waals surface area contributed by atoms with Gasteiger partial charge in [0.1, 0.15) is 0 Å². The largest absolute Gasteiger partial charge is 0.464 e. The van der Waals surface area contributed by atoms with Crippen LogP contribution in [0, 0.1) is 5.92 Å². The lowest BCUT2D eigenvalue weighted by Crippen LogP contribution is -2.35. The predicted octanol–water partition coefficient (Wildman–Crippen LogP) is 1.50. The van der Waals surface area contributed by atoms with Crippen LogP contribution in [0.2, 0.25) is 0 Å². The van der Waals surface area contributed by atoms with Crippen LogP contribution >= 0.6 is 0 Å². The average Bonchev–Trinajstić information content (AvgIpc) is 2.38. The maximum atomic E-state index is 11.2. The first kappa shape index (κ1) is 11.8. The van der Waals surface area contributed by atoms with Crippen LogP contribution in [-0.2, 0) is 4.74 Å². The van der Waals surface area contributed by atoms with Gasteiger partial charge >= 0.3 is 5.97 Å². The Kier molecular flexibility index (Phi) is 3.56. The van der Waals surface area contributed by atoms with Crippen molar-refractivity contribution in [3.05, 3.63) is 17.8 Å². The van der Waals surface area contributed by atoms with E-state index in [-0.39, 0.29) is 5.69 Å². The molecule has 5 nitrogen and oxygen atoms in total. The van der Waals surface area contributed by atoms with E-state index in [0.717, 1.165) is 18.9 Å². The minimum atomic E-state index is -0.448. The quantitative estimate of drug-likeness (QED) is 0.727. The molecule has 1 atom stereocenters. The number of esters is 1. The third-order valence-electron chi connectivity index (χ3n) is 3.03. The van der Waals surface area contributed by atoms with Gasteiger partial charge < -0.3 is 9.64 Å². The summed E-state index contributed by atoms with van der Waals surface area (Å²) in [6.45, 7) is 4.26. The van der Waals surface area contributed by atoms with Crippen molar-refractivity contribution in [3.8, 4) is 0 Å². The highest BCUT2D eigenvalue weighted by Crippen LogP contribution is 2.20. The summed E-state index contributed by atoms with van der Waals surface area (Å²) in [5.74, 6) is 1.08. The fraction of sp³-hybridized carbons (Fsp3) is 0.583. The number of anilines is 1. The van der Waals surface area contributed by atoms with Crippen LogP contribution in [0.4, 0.5) is 5.82 Å². The Hall–Kier alpha value is -1.65. The first-order chi connectivity index (χ1) is 8.20. The van der Waals surface area contributed by atoms with Crippen LogP contribution in [0.5, 0.6) is 0 Å². The molecule has 0 bridgehead atoms. The lowest BCUT2D eigenvalue weighted by molar-refractivity contribution is 0.0592. The summed E-state index contributed by atoms with van der Waals surface area (Å²) >= 11 is 0. The Labute approximate surface area is 101 Å². The van der Waals surface area contributed by atoms with Gasteiger partial charge in [-0.25, -0.2) is 4.79 Å². The number of aromatic nitrogens is 2. The molecule has 0 aromatic carbocycles. The lowest BCUT2D eigenvalue weighted by Gasteiger charge is -2.31. The van der Waals surface area contributed by atoms with Crippen molar-refractivity contribution in [2.75, 3.05) is 25.1 Å². The Morgan fingerprint density at radius 2 is 2.29 bits per heavy atom. The van der Waals surface area contributed by atoms with E-state index in [1.165, 1.54) is 20.0 Å². The van der Waals surface area contributed by atoms with Crippen molar-refractivity contribution < 1.29 is 9.53 Å². The summed E-state index contributed by atoms with van der Waals surface area (Å²) in [7, 11) is 1.34. The molecule has 0 radical (unpaired) electrons. The van der Waals surface area contributed by atoms with Crippen molar-refractivity contribution in [2.45, 2.75) is 19.8 Å². The van der Waals surface area contributed by atoms with E-state index in [1.807, 2.05) is 6.07 Å². The van der Waals surface area contributed by atoms with E-state index in [1.54, 1.807) is 6.07 Å². The number of hydrogen-bond acceptors (Lipinski definition) is 5. The normalized spacial score (nSPS) is 20.1. The summed E-state index contributed by atoms with van der Waals surface area (Å²) in [5.41, 5.74) is 0.251. The van der Waals surface area contributed by atoms with Crippen LogP contribution in [0.15, 0.2) is 12.1 Å². The molecule has 0 saturated carbocycles. The molecule has 0 amide bonds. The van der Waals surface area contributed by atoms with Crippen LogP contribution < -0.4 is 4.90 Å². The summed E-state index contributed by atoms with van der Waals surface area (Å²) < 4.78 is 4.58. The number of nitrogens with zero attached hydrogens (tertiary/aromatic N) is 3. The second-order valence-electron chi connectivity index (χ2n) is 4.46. The van der Waals surface area contributed by atoms with Gasteiger partial charge in [0.05, 0.1) is 7.11 Å². The highest BCUT2D eigenvalue weighted by atomic mass is 16.5. The van der Waals surface area contributed by atoms with E-state index < -0.39 is 5.97 Å². The number of carbonyl (C=O) groups is 1. The molecule has 1 unspecified atom stereocenters. The number of piperidine rings is 1. The molecule has 0 N–H and O–H groups in total. The van der Waals surface area contributed by atoms with Gasteiger partial charge in [0.25, 0.3) is 0 Å². The van der Waals surface area contributed by atoms with E-state index in [0.29, 0.717) is 5.92 Å². The van der Waals surface area contributed by atoms with Gasteiger partial charge in [0, 0.05) is 13.1 Å². The number of methoxy groups -OCH3 is 1. The second kappa shape index (κ2) is 5.12. The summed E-state index contributed by atoms with van der Waals surface area (Å²) in [6.07, 6.45) is 2.45. The highest BCUT2D eigenvalue weighted by Gasteiger charge is 2.18. The Morgan fingerprint density at radius 3 is 2.88 bits per heavy atom. The molecule has 5 heteroatoms. The smallest absolute Gasteiger partial charge is 0.358 e. The van der Waals surface area contributed by atoms with Crippen molar-refractivity contribution >= 4 is 11.8 Å². The van der Waals surface area contributed by atoms with Crippen molar-refractivity contribution in [2.24, 2.45) is 5.92 Å². The minimum absolute atomic E-state index is 0.251. The highest BCUT2D eigenvalue weighted by molar-refractivity contribution is 5.86. The maximum Gasteiger partial charge on any atom is 0.358 e. The van der Waals surface area contributed by atoms with E-state index in [2.05, 4.69) is 26.8 Å². The molecule has 92 valence electrons. The summed E-state index contributed by atoms with van der Waals surface area (Å²) in [4.78, 5) is 13.4. The first-order valence-electron chi connectivity index (χ1n) is 5.87. The molecular weight excluding hydrogens is 218 g/mol. The number of hydrogen-bond donors (Lipinski definition) is 0. The second-order valence-corrected chi connectivity index (χ2v) is 4.46. The van der Waals surface area contributed by atoms with Gasteiger partial charge in [0.2, 0.25) is 0 Å². The van der Waals surface area contributed by atoms with E-state index in [9.17, 15) is 4.79 Å². The third kappa shape index (κ3) is 2.72. The van der Waals surface area contributed by atoms with E-state index >= 15 is 0 Å². The summed E-state index contributed by atoms with van der Waals surface area (Å²) in [5, 5.41) is 7.96. The molecule has 17 heavy (non-hydrogen) atoms. The predicted molar refractivity (Wildman–Crippen MR) is 64.0 cm³/mol. The molecule has 1 aliphatic rings. The zero-order valence-corrected chi connectivity index (χ0v) is 10.2. The standard InChI is InChI=1S/C12H17N3O2/c1-9-4-3-7-15(8-9)11-6-5-10(13-14-11)12(16)17-2/h5-6,9H,3-4,7-8H2,1-2H3. The minimum Gasteiger partial charge on any atom is -0.464 e. The van der Waals surface area contributed by atoms with Gasteiger partial charge in [-0.15, -0.1) is 10.2 Å². The fourth-order valence-corrected chi connectivity index (χ4v) is 2.10. The molecule has 1 saturated heterocycles. The van der Waals surface area contributed by atoms with Crippen molar-refractivity contribution in [1.82, 2.24) is 10.2 Å². The van der Waals surface area contributed by atoms with Gasteiger partial charge in [-0.2, -0.15) is 0 Å². The molecule has 1 aromatic rings. The van der Waals surface area contributed by atoms with Crippen LogP contribution in [0.1, 0.15) is 30.3 Å². The number of ether oxygens (including phenoxy) is 1. The third-order valence-corrected chi connectivity index (χ3v) is 3.03. The van der Waals surface area contributed by atoms with E-state index in [4.69, 9.17) is 0 Å². The molecule has 1 aliphatic heterocycles. The Bertz CT molecular complexity index is 391. The fourth-order valence-electron chi connectivity index (χ4n) is 2.10. The maximum absolute atomic E-state index is 11.2. The van der Waals surface area contributed by atoms with Crippen molar-refractivity contribution in [3.63, 3.8) is 0 Å². The molecule has 1 fully saturated rings. The molecule has 0 spiro atoms. The average molecular weight is 235 g/mol. The van der Waals surface area contributed by atoms with Crippen LogP contribution in [0.3, 0.4) is 0 Å². The first-order valence-corrected chi connectivity index (χ1v) is 5.87. The van der Waals surface area contributed by atoms with Crippen LogP contribution in [0.25, 0.3) is 0 Å². The molecule has 1 aromatic heterocycles. The van der Waals surface area contributed by atoms with Gasteiger partial charge in [-0.1, -0.05) is 6.92 Å². The Balaban J connectivity index is 2.09. The van der Waals surface area contributed by atoms with Crippen LogP contribution in [-0.4, -0.2) is 36.4 Å². The van der Waals surface area contributed by atoms with Gasteiger partial charge in [0.15, 0.2) is 11.5 Å². The molecule has 0 aliphatic carbocycles. The van der Waals surface area contributed by atoms with Crippen molar-refractivity contribution in [1.29, 1.82) is 0 Å². The molecule has 2 heterocycles. The SMILES string of the molecule is COC(=O)c1ccc(N2CCCC(C)C2)nn1. The Morgan fingerprint density at radius 1 is 1.47 bits per heavy atom. The number of carbonyl (C=O) groups excluding carboxylic acids is 1. The molecular formula is C12H17N3O2.